The van der Waals surface area contributed by atoms with Crippen molar-refractivity contribution in [2.24, 2.45) is 0 Å². The first-order valence-electron chi connectivity index (χ1n) is 10.4. The number of aliphatic hydroxyl groups is 1. The molecule has 1 unspecified atom stereocenters. The fourth-order valence-electron chi connectivity index (χ4n) is 3.76. The minimum absolute atomic E-state index is 0.103. The van der Waals surface area contributed by atoms with E-state index in [0.29, 0.717) is 35.6 Å². The summed E-state index contributed by atoms with van der Waals surface area (Å²) in [5.41, 5.74) is 3.25. The molecule has 0 bridgehead atoms. The molecule has 1 aliphatic rings. The molecule has 0 radical (unpaired) electrons. The molecule has 0 spiro atoms. The summed E-state index contributed by atoms with van der Waals surface area (Å²) >= 11 is 0. The van der Waals surface area contributed by atoms with Crippen LogP contribution in [0, 0.1) is 13.8 Å². The Kier molecular flexibility index (Phi) is 6.28. The summed E-state index contributed by atoms with van der Waals surface area (Å²) in [5.74, 6) is 0.591. The number of hydrogen-bond acceptors (Lipinski definition) is 6. The molecule has 32 heavy (non-hydrogen) atoms. The second kappa shape index (κ2) is 9.28. The van der Waals surface area contributed by atoms with Crippen LogP contribution in [0.4, 0.5) is 0 Å². The van der Waals surface area contributed by atoms with Crippen molar-refractivity contribution in [3.8, 4) is 11.5 Å². The minimum Gasteiger partial charge on any atom is -0.486 e. The third kappa shape index (κ3) is 4.53. The lowest BCUT2D eigenvalue weighted by Gasteiger charge is -2.27. The summed E-state index contributed by atoms with van der Waals surface area (Å²) in [6.07, 6.45) is -0.183. The van der Waals surface area contributed by atoms with Crippen LogP contribution in [0.3, 0.4) is 0 Å². The number of ether oxygens (including phenoxy) is 3. The van der Waals surface area contributed by atoms with E-state index >= 15 is 0 Å². The molecule has 0 saturated carbocycles. The first-order chi connectivity index (χ1) is 15.5. The number of esters is 1. The van der Waals surface area contributed by atoms with Crippen LogP contribution in [0.1, 0.15) is 37.7 Å². The second-order valence-electron chi connectivity index (χ2n) is 7.75. The van der Waals surface area contributed by atoms with Gasteiger partial charge in [-0.2, -0.15) is 0 Å². The fraction of sp³-hybridized carbons (Fsp3) is 0.280. The van der Waals surface area contributed by atoms with Gasteiger partial charge in [0, 0.05) is 17.0 Å². The fourth-order valence-corrected chi connectivity index (χ4v) is 3.76. The van der Waals surface area contributed by atoms with Crippen molar-refractivity contribution in [3.63, 3.8) is 0 Å². The number of rotatable bonds is 7. The van der Waals surface area contributed by atoms with E-state index in [9.17, 15) is 9.59 Å². The molecule has 1 aromatic heterocycles. The number of aromatic nitrogens is 1. The zero-order valence-corrected chi connectivity index (χ0v) is 18.0. The minimum atomic E-state index is -0.580. The summed E-state index contributed by atoms with van der Waals surface area (Å²) < 4.78 is 19.1. The van der Waals surface area contributed by atoms with Gasteiger partial charge in [0.2, 0.25) is 5.78 Å². The van der Waals surface area contributed by atoms with Gasteiger partial charge in [0.15, 0.2) is 24.2 Å². The molecule has 166 valence electrons. The Labute approximate surface area is 186 Å². The lowest BCUT2D eigenvalue weighted by molar-refractivity contribution is 0.0474. The molecule has 7 heteroatoms. The van der Waals surface area contributed by atoms with Crippen LogP contribution in [0.2, 0.25) is 0 Å². The predicted octanol–water partition coefficient (Wildman–Crippen LogP) is 3.48. The molecule has 1 aliphatic heterocycles. The molecule has 7 nitrogen and oxygen atoms in total. The smallest absolute Gasteiger partial charge is 0.338 e. The number of aliphatic hydroxyl groups excluding tert-OH is 1. The summed E-state index contributed by atoms with van der Waals surface area (Å²) in [4.78, 5) is 25.0. The number of Topliss-reactive ketones (excluding diaryl/α,β-unsaturated/α-hetero) is 1. The molecule has 0 fully saturated rings. The summed E-state index contributed by atoms with van der Waals surface area (Å²) in [6, 6.07) is 15.8. The lowest BCUT2D eigenvalue weighted by Crippen LogP contribution is -2.33. The molecule has 2 heterocycles. The standard InChI is InChI=1S/C25H25NO6/c1-16-11-21(22(28)15-31-25(29)19-9-7-18(13-27)8-10-19)17(2)26(16)12-20-14-30-23-5-3-4-6-24(23)32-20/h3-11,20,27H,12-15H2,1-2H3. The van der Waals surface area contributed by atoms with Crippen molar-refractivity contribution in [2.45, 2.75) is 33.1 Å². The molecular weight excluding hydrogens is 410 g/mol. The van der Waals surface area contributed by atoms with E-state index in [1.807, 2.05) is 42.7 Å². The average Bonchev–Trinajstić information content (AvgIpc) is 3.10. The van der Waals surface area contributed by atoms with Crippen molar-refractivity contribution in [1.82, 2.24) is 4.57 Å². The predicted molar refractivity (Wildman–Crippen MR) is 117 cm³/mol. The highest BCUT2D eigenvalue weighted by atomic mass is 16.6. The normalized spacial score (nSPS) is 14.8. The Morgan fingerprint density at radius 2 is 1.81 bits per heavy atom. The molecular formula is C25H25NO6. The molecule has 4 rings (SSSR count). The van der Waals surface area contributed by atoms with Crippen LogP contribution >= 0.6 is 0 Å². The SMILES string of the molecule is Cc1cc(C(=O)COC(=O)c2ccc(CO)cc2)c(C)n1CC1COc2ccccc2O1. The molecule has 1 atom stereocenters. The number of benzene rings is 2. The molecule has 0 saturated heterocycles. The first-order valence-corrected chi connectivity index (χ1v) is 10.4. The molecule has 0 amide bonds. The Hall–Kier alpha value is -3.58. The van der Waals surface area contributed by atoms with Gasteiger partial charge in [-0.15, -0.1) is 0 Å². The van der Waals surface area contributed by atoms with Crippen LogP contribution in [0.15, 0.2) is 54.6 Å². The quantitative estimate of drug-likeness (QED) is 0.452. The average molecular weight is 435 g/mol. The Bertz CT molecular complexity index is 1130. The van der Waals surface area contributed by atoms with Crippen LogP contribution in [0.5, 0.6) is 11.5 Å². The number of aryl methyl sites for hydroxylation is 1. The first kappa shape index (κ1) is 21.6. The Balaban J connectivity index is 1.39. The van der Waals surface area contributed by atoms with E-state index in [4.69, 9.17) is 19.3 Å². The third-order valence-corrected chi connectivity index (χ3v) is 5.53. The van der Waals surface area contributed by atoms with Gasteiger partial charge in [-0.3, -0.25) is 4.79 Å². The van der Waals surface area contributed by atoms with Crippen molar-refractivity contribution < 1.29 is 28.9 Å². The zero-order chi connectivity index (χ0) is 22.7. The van der Waals surface area contributed by atoms with Crippen molar-refractivity contribution in [1.29, 1.82) is 0 Å². The highest BCUT2D eigenvalue weighted by Crippen LogP contribution is 2.31. The topological polar surface area (TPSA) is 87.0 Å². The highest BCUT2D eigenvalue weighted by Gasteiger charge is 2.24. The number of carbonyl (C=O) groups is 2. The molecule has 1 N–H and O–H groups in total. The number of fused-ring (bicyclic) bond motifs is 1. The van der Waals surface area contributed by atoms with Gasteiger partial charge < -0.3 is 23.9 Å². The molecule has 2 aromatic carbocycles. The van der Waals surface area contributed by atoms with Crippen LogP contribution in [-0.2, 0) is 17.9 Å². The van der Waals surface area contributed by atoms with Gasteiger partial charge >= 0.3 is 5.97 Å². The van der Waals surface area contributed by atoms with Crippen molar-refractivity contribution >= 4 is 11.8 Å². The second-order valence-corrected chi connectivity index (χ2v) is 7.75. The Morgan fingerprint density at radius 1 is 1.09 bits per heavy atom. The number of para-hydroxylation sites is 2. The van der Waals surface area contributed by atoms with Gasteiger partial charge in [0.25, 0.3) is 0 Å². The van der Waals surface area contributed by atoms with Crippen LogP contribution in [0.25, 0.3) is 0 Å². The van der Waals surface area contributed by atoms with Gasteiger partial charge in [-0.05, 0) is 49.7 Å². The van der Waals surface area contributed by atoms with Gasteiger partial charge in [-0.25, -0.2) is 4.79 Å². The van der Waals surface area contributed by atoms with Gasteiger partial charge in [0.05, 0.1) is 18.7 Å². The maximum absolute atomic E-state index is 12.7. The number of ketones is 1. The van der Waals surface area contributed by atoms with Gasteiger partial charge in [0.1, 0.15) is 6.61 Å². The van der Waals surface area contributed by atoms with E-state index in [2.05, 4.69) is 0 Å². The van der Waals surface area contributed by atoms with Crippen LogP contribution < -0.4 is 9.47 Å². The van der Waals surface area contributed by atoms with Crippen molar-refractivity contribution in [2.75, 3.05) is 13.2 Å². The third-order valence-electron chi connectivity index (χ3n) is 5.53. The lowest BCUT2D eigenvalue weighted by atomic mass is 10.1. The maximum atomic E-state index is 12.7. The largest absolute Gasteiger partial charge is 0.486 e. The summed E-state index contributed by atoms with van der Waals surface area (Å²) in [7, 11) is 0. The van der Waals surface area contributed by atoms with E-state index in [1.165, 1.54) is 0 Å². The Morgan fingerprint density at radius 3 is 2.53 bits per heavy atom. The van der Waals surface area contributed by atoms with E-state index in [0.717, 1.165) is 17.1 Å². The van der Waals surface area contributed by atoms with Crippen LogP contribution in [-0.4, -0.2) is 40.7 Å². The van der Waals surface area contributed by atoms with E-state index < -0.39 is 5.97 Å². The number of hydrogen-bond donors (Lipinski definition) is 1. The van der Waals surface area contributed by atoms with Gasteiger partial charge in [-0.1, -0.05) is 24.3 Å². The summed E-state index contributed by atoms with van der Waals surface area (Å²) in [6.45, 7) is 4.30. The summed E-state index contributed by atoms with van der Waals surface area (Å²) in [5, 5.41) is 9.09. The maximum Gasteiger partial charge on any atom is 0.338 e. The number of carbonyl (C=O) groups excluding carboxylic acids is 2. The van der Waals surface area contributed by atoms with Crippen molar-refractivity contribution in [3.05, 3.63) is 82.7 Å². The molecule has 3 aromatic rings. The van der Waals surface area contributed by atoms with E-state index in [-0.39, 0.29) is 25.1 Å². The monoisotopic (exact) mass is 435 g/mol. The number of nitrogens with zero attached hydrogens (tertiary/aromatic N) is 1. The zero-order valence-electron chi connectivity index (χ0n) is 18.0. The highest BCUT2D eigenvalue weighted by molar-refractivity contribution is 6.00. The van der Waals surface area contributed by atoms with E-state index in [1.54, 1.807) is 30.3 Å². The molecule has 0 aliphatic carbocycles.